The SMILES string of the molecule is COc1ccc(C(C)(C)CNc2ccc([N+](=O)[O-])c3cnccc23)cc1. The molecular weight excluding hydrogens is 330 g/mol. The van der Waals surface area contributed by atoms with Crippen molar-refractivity contribution in [3.05, 3.63) is 70.5 Å². The molecule has 0 bridgehead atoms. The third kappa shape index (κ3) is 3.44. The van der Waals surface area contributed by atoms with Crippen LogP contribution in [0.15, 0.2) is 54.9 Å². The van der Waals surface area contributed by atoms with E-state index < -0.39 is 0 Å². The average Bonchev–Trinajstić information content (AvgIpc) is 2.66. The van der Waals surface area contributed by atoms with Gasteiger partial charge in [0.05, 0.1) is 17.4 Å². The molecule has 1 aromatic heterocycles. The number of benzene rings is 2. The maximum atomic E-state index is 11.2. The summed E-state index contributed by atoms with van der Waals surface area (Å²) in [5, 5.41) is 16.0. The van der Waals surface area contributed by atoms with Gasteiger partial charge in [-0.1, -0.05) is 26.0 Å². The average molecular weight is 351 g/mol. The van der Waals surface area contributed by atoms with Crippen LogP contribution in [0, 0.1) is 10.1 Å². The van der Waals surface area contributed by atoms with Crippen LogP contribution in [0.3, 0.4) is 0 Å². The zero-order valence-corrected chi connectivity index (χ0v) is 15.0. The Bertz CT molecular complexity index is 937. The number of anilines is 1. The molecule has 6 nitrogen and oxygen atoms in total. The highest BCUT2D eigenvalue weighted by Gasteiger charge is 2.21. The molecule has 3 aromatic rings. The van der Waals surface area contributed by atoms with Gasteiger partial charge in [0, 0.05) is 41.5 Å². The predicted octanol–water partition coefficient (Wildman–Crippen LogP) is 4.54. The molecular formula is C20H21N3O3. The van der Waals surface area contributed by atoms with Crippen LogP contribution < -0.4 is 10.1 Å². The molecule has 3 rings (SSSR count). The van der Waals surface area contributed by atoms with Gasteiger partial charge in [0.2, 0.25) is 0 Å². The van der Waals surface area contributed by atoms with E-state index in [4.69, 9.17) is 4.74 Å². The maximum Gasteiger partial charge on any atom is 0.278 e. The fourth-order valence-electron chi connectivity index (χ4n) is 2.95. The summed E-state index contributed by atoms with van der Waals surface area (Å²) in [7, 11) is 1.65. The molecule has 6 heteroatoms. The van der Waals surface area contributed by atoms with Crippen molar-refractivity contribution in [3.8, 4) is 5.75 Å². The molecule has 0 aliphatic rings. The molecule has 0 radical (unpaired) electrons. The third-order valence-corrected chi connectivity index (χ3v) is 4.58. The van der Waals surface area contributed by atoms with Crippen LogP contribution in [0.5, 0.6) is 5.75 Å². The summed E-state index contributed by atoms with van der Waals surface area (Å²) in [6, 6.07) is 13.1. The molecule has 0 saturated heterocycles. The van der Waals surface area contributed by atoms with Gasteiger partial charge in [-0.3, -0.25) is 15.1 Å². The highest BCUT2D eigenvalue weighted by Crippen LogP contribution is 2.32. The standard InChI is InChI=1S/C20H21N3O3/c1-20(2,14-4-6-15(26-3)7-5-14)13-22-18-8-9-19(23(24)25)17-12-21-11-10-16(17)18/h4-12,22H,13H2,1-3H3. The van der Waals surface area contributed by atoms with Crippen LogP contribution >= 0.6 is 0 Å². The first-order chi connectivity index (χ1) is 12.4. The second-order valence-corrected chi connectivity index (χ2v) is 6.78. The Morgan fingerprint density at radius 2 is 1.85 bits per heavy atom. The first-order valence-electron chi connectivity index (χ1n) is 8.32. The van der Waals surface area contributed by atoms with Crippen molar-refractivity contribution in [2.45, 2.75) is 19.3 Å². The summed E-state index contributed by atoms with van der Waals surface area (Å²) in [6.45, 7) is 4.97. The lowest BCUT2D eigenvalue weighted by molar-refractivity contribution is -0.383. The Balaban J connectivity index is 1.87. The van der Waals surface area contributed by atoms with Gasteiger partial charge in [-0.15, -0.1) is 0 Å². The molecule has 0 spiro atoms. The fourth-order valence-corrected chi connectivity index (χ4v) is 2.95. The van der Waals surface area contributed by atoms with Crippen LogP contribution in [-0.2, 0) is 5.41 Å². The lowest BCUT2D eigenvalue weighted by Gasteiger charge is -2.27. The summed E-state index contributed by atoms with van der Waals surface area (Å²) in [5.41, 5.74) is 1.97. The van der Waals surface area contributed by atoms with E-state index >= 15 is 0 Å². The number of nitro groups is 1. The molecule has 1 N–H and O–H groups in total. The topological polar surface area (TPSA) is 77.3 Å². The Morgan fingerprint density at radius 1 is 1.12 bits per heavy atom. The number of non-ortho nitro benzene ring substituents is 1. The van der Waals surface area contributed by atoms with Crippen molar-refractivity contribution in [1.82, 2.24) is 4.98 Å². The zero-order valence-electron chi connectivity index (χ0n) is 15.0. The predicted molar refractivity (Wildman–Crippen MR) is 103 cm³/mol. The van der Waals surface area contributed by atoms with E-state index in [1.54, 1.807) is 25.4 Å². The Kier molecular flexibility index (Phi) is 4.75. The van der Waals surface area contributed by atoms with Gasteiger partial charge in [0.15, 0.2) is 0 Å². The van der Waals surface area contributed by atoms with Crippen molar-refractivity contribution >= 4 is 22.1 Å². The van der Waals surface area contributed by atoms with Gasteiger partial charge in [-0.25, -0.2) is 0 Å². The van der Waals surface area contributed by atoms with Crippen molar-refractivity contribution in [1.29, 1.82) is 0 Å². The minimum Gasteiger partial charge on any atom is -0.497 e. The monoisotopic (exact) mass is 351 g/mol. The molecule has 0 amide bonds. The van der Waals surface area contributed by atoms with Crippen LogP contribution in [0.1, 0.15) is 19.4 Å². The highest BCUT2D eigenvalue weighted by molar-refractivity contribution is 5.99. The van der Waals surface area contributed by atoms with E-state index in [-0.39, 0.29) is 16.0 Å². The molecule has 0 unspecified atom stereocenters. The highest BCUT2D eigenvalue weighted by atomic mass is 16.6. The first kappa shape index (κ1) is 17.7. The van der Waals surface area contributed by atoms with Gasteiger partial charge in [-0.2, -0.15) is 0 Å². The zero-order chi connectivity index (χ0) is 18.7. The van der Waals surface area contributed by atoms with E-state index in [0.717, 1.165) is 16.8 Å². The van der Waals surface area contributed by atoms with Gasteiger partial charge < -0.3 is 10.1 Å². The Morgan fingerprint density at radius 3 is 2.50 bits per heavy atom. The van der Waals surface area contributed by atoms with Crippen LogP contribution in [0.2, 0.25) is 0 Å². The molecule has 2 aromatic carbocycles. The van der Waals surface area contributed by atoms with Gasteiger partial charge in [-0.05, 0) is 29.8 Å². The van der Waals surface area contributed by atoms with Crippen LogP contribution in [-0.4, -0.2) is 23.6 Å². The van der Waals surface area contributed by atoms with Crippen LogP contribution in [0.4, 0.5) is 11.4 Å². The first-order valence-corrected chi connectivity index (χ1v) is 8.32. The fraction of sp³-hybridized carbons (Fsp3) is 0.250. The number of rotatable bonds is 6. The maximum absolute atomic E-state index is 11.2. The summed E-state index contributed by atoms with van der Waals surface area (Å²) in [6.07, 6.45) is 3.18. The summed E-state index contributed by atoms with van der Waals surface area (Å²) >= 11 is 0. The van der Waals surface area contributed by atoms with Crippen LogP contribution in [0.25, 0.3) is 10.8 Å². The normalized spacial score (nSPS) is 11.3. The number of hydrogen-bond acceptors (Lipinski definition) is 5. The minimum absolute atomic E-state index is 0.0630. The minimum atomic E-state index is -0.380. The van der Waals surface area contributed by atoms with Crippen molar-refractivity contribution < 1.29 is 9.66 Å². The van der Waals surface area contributed by atoms with Crippen molar-refractivity contribution in [2.24, 2.45) is 0 Å². The van der Waals surface area contributed by atoms with E-state index in [9.17, 15) is 10.1 Å². The molecule has 26 heavy (non-hydrogen) atoms. The molecule has 1 heterocycles. The van der Waals surface area contributed by atoms with E-state index in [0.29, 0.717) is 11.9 Å². The van der Waals surface area contributed by atoms with E-state index in [1.165, 1.54) is 17.8 Å². The second kappa shape index (κ2) is 7.00. The Hall–Kier alpha value is -3.15. The van der Waals surface area contributed by atoms with Gasteiger partial charge >= 0.3 is 0 Å². The number of hydrogen-bond donors (Lipinski definition) is 1. The number of nitrogens with one attached hydrogen (secondary N) is 1. The molecule has 0 atom stereocenters. The number of nitrogens with zero attached hydrogens (tertiary/aromatic N) is 2. The number of ether oxygens (including phenoxy) is 1. The number of methoxy groups -OCH3 is 1. The summed E-state index contributed by atoms with van der Waals surface area (Å²) < 4.78 is 5.21. The molecule has 0 aliphatic carbocycles. The summed E-state index contributed by atoms with van der Waals surface area (Å²) in [4.78, 5) is 14.9. The van der Waals surface area contributed by atoms with E-state index in [2.05, 4.69) is 36.3 Å². The van der Waals surface area contributed by atoms with E-state index in [1.807, 2.05) is 12.1 Å². The molecule has 0 saturated carbocycles. The number of aromatic nitrogens is 1. The lowest BCUT2D eigenvalue weighted by Crippen LogP contribution is -2.27. The number of nitro benzene ring substituents is 1. The Labute approximate surface area is 152 Å². The molecule has 0 aliphatic heterocycles. The smallest absolute Gasteiger partial charge is 0.278 e. The third-order valence-electron chi connectivity index (χ3n) is 4.58. The van der Waals surface area contributed by atoms with Crippen molar-refractivity contribution in [3.63, 3.8) is 0 Å². The largest absolute Gasteiger partial charge is 0.497 e. The molecule has 134 valence electrons. The van der Waals surface area contributed by atoms with Gasteiger partial charge in [0.1, 0.15) is 5.75 Å². The van der Waals surface area contributed by atoms with Gasteiger partial charge in [0.25, 0.3) is 5.69 Å². The second-order valence-electron chi connectivity index (χ2n) is 6.78. The summed E-state index contributed by atoms with van der Waals surface area (Å²) in [5.74, 6) is 0.825. The number of pyridine rings is 1. The molecule has 0 fully saturated rings. The van der Waals surface area contributed by atoms with Crippen molar-refractivity contribution in [2.75, 3.05) is 19.0 Å². The number of fused-ring (bicyclic) bond motifs is 1. The lowest BCUT2D eigenvalue weighted by atomic mass is 9.84. The quantitative estimate of drug-likeness (QED) is 0.521.